The lowest BCUT2D eigenvalue weighted by atomic mass is 10.0. The summed E-state index contributed by atoms with van der Waals surface area (Å²) < 4.78 is 11.7. The van der Waals surface area contributed by atoms with Crippen molar-refractivity contribution in [1.29, 1.82) is 0 Å². The number of nitrogens with two attached hydrogens (primary N) is 1. The van der Waals surface area contributed by atoms with Crippen molar-refractivity contribution in [2.24, 2.45) is 56.4 Å². The maximum absolute atomic E-state index is 13.0. The maximum atomic E-state index is 13.0. The fourth-order valence-electron chi connectivity index (χ4n) is 9.98. The predicted octanol–water partition coefficient (Wildman–Crippen LogP) is 13.4. The molecule has 12 aromatic rings. The molecule has 0 bridgehead atoms. The Balaban J connectivity index is 0.00000132. The highest BCUT2D eigenvalue weighted by Gasteiger charge is 2.24. The summed E-state index contributed by atoms with van der Waals surface area (Å²) in [5, 5.41) is 0.391. The average Bonchev–Trinajstić information content (AvgIpc) is 1.65. The molecule has 4 N–H and O–H groups in total. The first kappa shape index (κ1) is 102. The molecule has 12 rings (SSSR count). The van der Waals surface area contributed by atoms with Gasteiger partial charge in [-0.25, -0.2) is 24.0 Å². The van der Waals surface area contributed by atoms with Crippen LogP contribution in [0.3, 0.4) is 0 Å². The van der Waals surface area contributed by atoms with Gasteiger partial charge in [-0.05, 0) is 75.0 Å². The molecule has 612 valence electrons. The maximum Gasteiger partial charge on any atom is 0.330 e. The van der Waals surface area contributed by atoms with Gasteiger partial charge in [-0.2, -0.15) is 0 Å². The number of ketones is 2. The molecule has 6 aromatic heterocycles. The molecule has 0 aliphatic rings. The first-order valence-electron chi connectivity index (χ1n) is 37.1. The van der Waals surface area contributed by atoms with Crippen LogP contribution in [0, 0.1) is 34.6 Å². The third-order valence-electron chi connectivity index (χ3n) is 16.1. The second kappa shape index (κ2) is 52.1. The van der Waals surface area contributed by atoms with Crippen LogP contribution in [0.15, 0.2) is 236 Å². The number of nitrogens with one attached hydrogen (secondary N) is 2. The number of rotatable bonds is 8. The third kappa shape index (κ3) is 27.6. The summed E-state index contributed by atoms with van der Waals surface area (Å²) in [6.07, 6.45) is 1.88. The number of fused-ring (bicyclic) bond motifs is 1. The van der Waals surface area contributed by atoms with Gasteiger partial charge < -0.3 is 24.4 Å². The van der Waals surface area contributed by atoms with Gasteiger partial charge in [-0.3, -0.25) is 70.7 Å². The Kier molecular flexibility index (Phi) is 46.6. The summed E-state index contributed by atoms with van der Waals surface area (Å²) in [6.45, 7) is 33.0. The zero-order valence-corrected chi connectivity index (χ0v) is 72.6. The van der Waals surface area contributed by atoms with Gasteiger partial charge >= 0.3 is 28.4 Å². The summed E-state index contributed by atoms with van der Waals surface area (Å²) in [7, 11) is 12.1. The number of nitrogen functional groups attached to an aromatic ring is 1. The van der Waals surface area contributed by atoms with E-state index >= 15 is 0 Å². The average molecular weight is 1650 g/mol. The number of hydrogen-bond acceptors (Lipinski definition) is 14. The second-order valence-corrected chi connectivity index (χ2v) is 23.9. The summed E-state index contributed by atoms with van der Waals surface area (Å²) in [5.41, 5.74) is 11.4. The fourth-order valence-corrected chi connectivity index (χ4v) is 10.8. The molecule has 0 saturated heterocycles. The van der Waals surface area contributed by atoms with Gasteiger partial charge in [-0.15, -0.1) is 0 Å². The summed E-state index contributed by atoms with van der Waals surface area (Å²) >= 11 is 8.40. The van der Waals surface area contributed by atoms with Crippen LogP contribution in [0.4, 0.5) is 5.69 Å². The Morgan fingerprint density at radius 1 is 0.412 bits per heavy atom. The highest BCUT2D eigenvalue weighted by Crippen LogP contribution is 2.32. The number of carbonyl (C=O) groups excluding carboxylic acids is 3. The number of alkyl halides is 1. The van der Waals surface area contributed by atoms with Crippen molar-refractivity contribution in [2.75, 3.05) is 5.73 Å². The molecule has 27 heteroatoms. The fraction of sp³-hybridized carbons (Fsp3) is 0.299. The predicted molar refractivity (Wildman–Crippen MR) is 469 cm³/mol. The van der Waals surface area contributed by atoms with Gasteiger partial charge in [0.15, 0.2) is 11.6 Å². The molecule has 0 aliphatic carbocycles. The van der Waals surface area contributed by atoms with E-state index < -0.39 is 33.4 Å². The number of aryl methyl sites for hydroxylation is 5. The number of halogens is 2. The lowest BCUT2D eigenvalue weighted by Gasteiger charge is -2.12. The topological polar surface area (TPSA) is 324 Å². The number of aromatic nitrogens is 11. The third-order valence-corrected chi connectivity index (χ3v) is 16.9. The number of hydrogen-bond donors (Lipinski definition) is 3. The molecule has 6 heterocycles. The molecule has 114 heavy (non-hydrogen) atoms. The van der Waals surface area contributed by atoms with Gasteiger partial charge in [0.25, 0.3) is 33.0 Å². The van der Waals surface area contributed by atoms with Crippen molar-refractivity contribution >= 4 is 60.9 Å². The number of H-pyrrole nitrogens is 2. The van der Waals surface area contributed by atoms with E-state index in [4.69, 9.17) is 17.3 Å². The molecule has 0 amide bonds. The van der Waals surface area contributed by atoms with Gasteiger partial charge in [0, 0.05) is 131 Å². The quantitative estimate of drug-likeness (QED) is 0.0551. The monoisotopic (exact) mass is 1650 g/mol. The highest BCUT2D eigenvalue weighted by molar-refractivity contribution is 9.08. The van der Waals surface area contributed by atoms with Crippen LogP contribution in [0.2, 0.25) is 0 Å². The zero-order chi connectivity index (χ0) is 87.6. The van der Waals surface area contributed by atoms with Crippen molar-refractivity contribution in [3.8, 4) is 16.9 Å². The Labute approximate surface area is 678 Å². The largest absolute Gasteiger partial charge is 0.399 e. The Morgan fingerprint density at radius 3 is 1.21 bits per heavy atom. The number of para-hydroxylation sites is 2. The zero-order valence-electron chi connectivity index (χ0n) is 70.3. The summed E-state index contributed by atoms with van der Waals surface area (Å²) in [6, 6.07) is 54.2. The van der Waals surface area contributed by atoms with Crippen LogP contribution < -0.4 is 62.0 Å². The standard InChI is InChI=1S/C21H19N3O2.C14H13BrN2O3.C14H14N2O3.C7H5ClO.C7H10N2O2.C7H9N.C5H6N2O2.6C2H6/c1-14-9-7-8-12-16(14)24-13-17-18(19(24)15-10-5-4-6-11-15)20(25)23(3)21(26)22(17)2;1-16-10(8-15)11(13(19)17(2)14(16)20)12(18)9-6-4-3-5-7-9;1-9-11(12(17)10-7-5-4-6-8-10)13(18)16(3)14(19)15(9)2;8-7(9)6-4-2-1-3-5-6;1-5-4-6(10)9(3)7(11)8(5)2;1-6-4-2-3-5-7(6)8;1-3-2-4(8)7-5(9)6-3;6*1-2/h4-13H,1-3H3;3-7H,8H2,1-2H3;4-8H,1-3H3;1-5H;4H,1-3H3;2-5H,8H2,1H3;2H,1H3,(H2,6,7,8,9);6*1-2H3. The van der Waals surface area contributed by atoms with E-state index in [1.165, 1.54) is 58.6 Å². The molecular weight excluding hydrogens is 1540 g/mol. The number of benzene rings is 6. The molecule has 0 saturated carbocycles. The number of aromatic amines is 2. The van der Waals surface area contributed by atoms with Crippen LogP contribution in [0.25, 0.3) is 27.8 Å². The lowest BCUT2D eigenvalue weighted by molar-refractivity contribution is 0.102. The molecule has 0 fully saturated rings. The Hall–Kier alpha value is -12.2. The normalized spacial score (nSPS) is 9.54. The van der Waals surface area contributed by atoms with Crippen molar-refractivity contribution in [3.63, 3.8) is 0 Å². The van der Waals surface area contributed by atoms with E-state index in [-0.39, 0.29) is 56.1 Å². The Morgan fingerprint density at radius 2 is 0.798 bits per heavy atom. The van der Waals surface area contributed by atoms with E-state index in [0.29, 0.717) is 50.4 Å². The number of carbonyl (C=O) groups is 3. The van der Waals surface area contributed by atoms with Crippen molar-refractivity contribution in [2.45, 2.75) is 123 Å². The molecule has 6 aromatic carbocycles. The van der Waals surface area contributed by atoms with Gasteiger partial charge in [0.05, 0.1) is 16.6 Å². The summed E-state index contributed by atoms with van der Waals surface area (Å²) in [5.74, 6) is -0.745. The first-order valence-corrected chi connectivity index (χ1v) is 38.6. The van der Waals surface area contributed by atoms with Crippen LogP contribution >= 0.6 is 27.5 Å². The van der Waals surface area contributed by atoms with E-state index in [1.54, 1.807) is 134 Å². The molecule has 0 aliphatic heterocycles. The number of anilines is 1. The second-order valence-electron chi connectivity index (χ2n) is 23.0. The van der Waals surface area contributed by atoms with Crippen LogP contribution in [-0.4, -0.2) is 67.9 Å². The van der Waals surface area contributed by atoms with E-state index in [1.807, 2.05) is 198 Å². The molecule has 0 atom stereocenters. The van der Waals surface area contributed by atoms with Crippen molar-refractivity contribution in [3.05, 3.63) is 354 Å². The van der Waals surface area contributed by atoms with Crippen LogP contribution in [0.5, 0.6) is 0 Å². The van der Waals surface area contributed by atoms with Gasteiger partial charge in [0.1, 0.15) is 11.1 Å². The highest BCUT2D eigenvalue weighted by atomic mass is 79.9. The van der Waals surface area contributed by atoms with Gasteiger partial charge in [-0.1, -0.05) is 257 Å². The van der Waals surface area contributed by atoms with Crippen molar-refractivity contribution < 1.29 is 14.4 Å². The van der Waals surface area contributed by atoms with E-state index in [9.17, 15) is 62.3 Å². The minimum Gasteiger partial charge on any atom is -0.399 e. The first-order chi connectivity index (χ1) is 54.3. The van der Waals surface area contributed by atoms with E-state index in [0.717, 1.165) is 52.0 Å². The summed E-state index contributed by atoms with van der Waals surface area (Å²) in [4.78, 5) is 156. The number of nitrogens with zero attached hydrogens (tertiary/aromatic N) is 9. The van der Waals surface area contributed by atoms with Crippen LogP contribution in [0.1, 0.15) is 159 Å². The Bertz CT molecular complexity index is 5660. The molecule has 0 spiro atoms. The SMILES string of the molecule is CC.CC.CC.CC.CC.CC.Cc1c(C(=O)c2ccccc2)c(=O)n(C)c(=O)n1C.Cc1cc(=O)[nH]c(=O)[nH]1.Cc1cc(=O)n(C)c(=O)n1C.Cc1ccccc1-n1cc2c(c1-c1ccccc1)c(=O)n(C)c(=O)n2C.Cc1ccccc1N.Cn1c(CBr)c(C(=O)c2ccccc2)c(=O)n(C)c1=O.O=C(Cl)c1ccccc1. The van der Waals surface area contributed by atoms with Gasteiger partial charge in [0.2, 0.25) is 0 Å². The minimum atomic E-state index is -0.573. The van der Waals surface area contributed by atoms with Crippen LogP contribution in [-0.2, 0) is 61.7 Å². The molecule has 0 radical (unpaired) electrons. The van der Waals surface area contributed by atoms with E-state index in [2.05, 4.69) is 20.9 Å². The molecular formula is C87H112BrClN12O13. The lowest BCUT2D eigenvalue weighted by Crippen LogP contribution is -2.42. The minimum absolute atomic E-state index is 0.0256. The molecule has 0 unspecified atom stereocenters. The van der Waals surface area contributed by atoms with Crippen molar-refractivity contribution in [1.82, 2.24) is 51.1 Å². The smallest absolute Gasteiger partial charge is 0.330 e. The molecule has 25 nitrogen and oxygen atoms in total.